The minimum Gasteiger partial charge on any atom is -0.379 e. The summed E-state index contributed by atoms with van der Waals surface area (Å²) >= 11 is 0. The van der Waals surface area contributed by atoms with Crippen molar-refractivity contribution in [1.29, 1.82) is 0 Å². The third-order valence-corrected chi connectivity index (χ3v) is 3.67. The Labute approximate surface area is 115 Å². The van der Waals surface area contributed by atoms with Crippen LogP contribution < -0.4 is 0 Å². The summed E-state index contributed by atoms with van der Waals surface area (Å²) in [7, 11) is 0. The van der Waals surface area contributed by atoms with E-state index in [1.807, 2.05) is 12.1 Å². The van der Waals surface area contributed by atoms with Gasteiger partial charge >= 0.3 is 0 Å². The van der Waals surface area contributed by atoms with Gasteiger partial charge in [0.2, 0.25) is 0 Å². The molecule has 104 valence electrons. The molecule has 0 N–H and O–H groups in total. The zero-order valence-electron chi connectivity index (χ0n) is 11.9. The van der Waals surface area contributed by atoms with Crippen LogP contribution in [-0.2, 0) is 11.2 Å². The third kappa shape index (κ3) is 3.88. The predicted molar refractivity (Wildman–Crippen MR) is 76.6 cm³/mol. The number of ketones is 1. The lowest BCUT2D eigenvalue weighted by Gasteiger charge is -2.32. The van der Waals surface area contributed by atoms with E-state index in [2.05, 4.69) is 30.9 Å². The van der Waals surface area contributed by atoms with Gasteiger partial charge in [0.05, 0.1) is 19.8 Å². The number of morpholine rings is 1. The standard InChI is InChI=1S/C16H23NO2/c1-3-4-14-5-7-15(8-6-14)16(18)11-17-9-10-19-12-13(17)2/h5-8,13H,3-4,9-12H2,1-2H3. The quantitative estimate of drug-likeness (QED) is 0.763. The lowest BCUT2D eigenvalue weighted by Crippen LogP contribution is -2.45. The molecule has 1 saturated heterocycles. The van der Waals surface area contributed by atoms with Crippen molar-refractivity contribution >= 4 is 5.78 Å². The normalized spacial score (nSPS) is 20.4. The fourth-order valence-corrected chi connectivity index (χ4v) is 2.42. The topological polar surface area (TPSA) is 29.5 Å². The van der Waals surface area contributed by atoms with Crippen molar-refractivity contribution in [3.8, 4) is 0 Å². The number of carbonyl (C=O) groups is 1. The lowest BCUT2D eigenvalue weighted by molar-refractivity contribution is 0.00201. The highest BCUT2D eigenvalue weighted by Gasteiger charge is 2.21. The molecule has 0 radical (unpaired) electrons. The Morgan fingerprint density at radius 3 is 2.74 bits per heavy atom. The molecule has 1 heterocycles. The number of rotatable bonds is 5. The van der Waals surface area contributed by atoms with Crippen LogP contribution in [0.2, 0.25) is 0 Å². The summed E-state index contributed by atoms with van der Waals surface area (Å²) < 4.78 is 5.39. The number of aryl methyl sites for hydroxylation is 1. The fourth-order valence-electron chi connectivity index (χ4n) is 2.42. The first kappa shape index (κ1) is 14.2. The van der Waals surface area contributed by atoms with E-state index in [-0.39, 0.29) is 5.78 Å². The SMILES string of the molecule is CCCc1ccc(C(=O)CN2CCOCC2C)cc1. The molecule has 1 atom stereocenters. The number of benzene rings is 1. The molecule has 1 fully saturated rings. The van der Waals surface area contributed by atoms with Gasteiger partial charge in [0, 0.05) is 18.2 Å². The maximum absolute atomic E-state index is 12.2. The van der Waals surface area contributed by atoms with E-state index < -0.39 is 0 Å². The number of carbonyl (C=O) groups excluding carboxylic acids is 1. The molecule has 0 aliphatic carbocycles. The van der Waals surface area contributed by atoms with Crippen molar-refractivity contribution in [3.63, 3.8) is 0 Å². The van der Waals surface area contributed by atoms with E-state index in [1.54, 1.807) is 0 Å². The van der Waals surface area contributed by atoms with Crippen LogP contribution in [0, 0.1) is 0 Å². The minimum atomic E-state index is 0.205. The summed E-state index contributed by atoms with van der Waals surface area (Å²) in [6.07, 6.45) is 2.22. The highest BCUT2D eigenvalue weighted by Crippen LogP contribution is 2.11. The molecule has 0 bridgehead atoms. The number of hydrogen-bond acceptors (Lipinski definition) is 3. The Bertz CT molecular complexity index is 413. The van der Waals surface area contributed by atoms with E-state index >= 15 is 0 Å². The van der Waals surface area contributed by atoms with Gasteiger partial charge in [0.15, 0.2) is 5.78 Å². The third-order valence-electron chi connectivity index (χ3n) is 3.67. The largest absolute Gasteiger partial charge is 0.379 e. The first-order valence-corrected chi connectivity index (χ1v) is 7.14. The zero-order valence-corrected chi connectivity index (χ0v) is 11.9. The highest BCUT2D eigenvalue weighted by atomic mass is 16.5. The molecule has 3 nitrogen and oxygen atoms in total. The second-order valence-electron chi connectivity index (χ2n) is 5.26. The van der Waals surface area contributed by atoms with Gasteiger partial charge in [-0.2, -0.15) is 0 Å². The molecule has 0 amide bonds. The minimum absolute atomic E-state index is 0.205. The Morgan fingerprint density at radius 1 is 1.37 bits per heavy atom. The van der Waals surface area contributed by atoms with Crippen molar-refractivity contribution in [1.82, 2.24) is 4.90 Å². The molecular weight excluding hydrogens is 238 g/mol. The molecule has 3 heteroatoms. The molecule has 19 heavy (non-hydrogen) atoms. The summed E-state index contributed by atoms with van der Waals surface area (Å²) in [6.45, 7) is 7.07. The Hall–Kier alpha value is -1.19. The first-order valence-electron chi connectivity index (χ1n) is 7.14. The van der Waals surface area contributed by atoms with Gasteiger partial charge in [-0.15, -0.1) is 0 Å². The molecule has 0 aromatic heterocycles. The van der Waals surface area contributed by atoms with E-state index in [4.69, 9.17) is 4.74 Å². The fraction of sp³-hybridized carbons (Fsp3) is 0.562. The number of Topliss-reactive ketones (excluding diaryl/α,β-unsaturated/α-hetero) is 1. The average Bonchev–Trinajstić information content (AvgIpc) is 2.42. The van der Waals surface area contributed by atoms with Crippen LogP contribution in [0.4, 0.5) is 0 Å². The van der Waals surface area contributed by atoms with Crippen molar-refractivity contribution in [3.05, 3.63) is 35.4 Å². The van der Waals surface area contributed by atoms with Crippen molar-refractivity contribution < 1.29 is 9.53 Å². The molecule has 1 aliphatic heterocycles. The van der Waals surface area contributed by atoms with Gasteiger partial charge in [-0.05, 0) is 18.9 Å². The highest BCUT2D eigenvalue weighted by molar-refractivity contribution is 5.97. The number of hydrogen-bond donors (Lipinski definition) is 0. The maximum atomic E-state index is 12.2. The number of nitrogens with zero attached hydrogens (tertiary/aromatic N) is 1. The van der Waals surface area contributed by atoms with Gasteiger partial charge in [-0.3, -0.25) is 9.69 Å². The Balaban J connectivity index is 1.95. The second kappa shape index (κ2) is 6.83. The Kier molecular flexibility index (Phi) is 5.11. The molecule has 1 aromatic carbocycles. The second-order valence-corrected chi connectivity index (χ2v) is 5.26. The van der Waals surface area contributed by atoms with Crippen molar-refractivity contribution in [2.75, 3.05) is 26.3 Å². The molecule has 0 saturated carbocycles. The van der Waals surface area contributed by atoms with Gasteiger partial charge in [-0.1, -0.05) is 37.6 Å². The van der Waals surface area contributed by atoms with Gasteiger partial charge in [0.1, 0.15) is 0 Å². The van der Waals surface area contributed by atoms with E-state index in [9.17, 15) is 4.79 Å². The summed E-state index contributed by atoms with van der Waals surface area (Å²) in [5, 5.41) is 0. The summed E-state index contributed by atoms with van der Waals surface area (Å²) in [6, 6.07) is 8.38. The van der Waals surface area contributed by atoms with Crippen molar-refractivity contribution in [2.45, 2.75) is 32.7 Å². The summed E-state index contributed by atoms with van der Waals surface area (Å²) in [4.78, 5) is 14.4. The molecule has 1 unspecified atom stereocenters. The predicted octanol–water partition coefficient (Wildman–Crippen LogP) is 2.54. The number of ether oxygens (including phenoxy) is 1. The van der Waals surface area contributed by atoms with Crippen LogP contribution in [0.25, 0.3) is 0 Å². The molecule has 1 aliphatic rings. The van der Waals surface area contributed by atoms with Gasteiger partial charge in [0.25, 0.3) is 0 Å². The molecule has 2 rings (SSSR count). The van der Waals surface area contributed by atoms with E-state index in [0.29, 0.717) is 12.6 Å². The van der Waals surface area contributed by atoms with E-state index in [1.165, 1.54) is 5.56 Å². The summed E-state index contributed by atoms with van der Waals surface area (Å²) in [5.74, 6) is 0.205. The zero-order chi connectivity index (χ0) is 13.7. The lowest BCUT2D eigenvalue weighted by atomic mass is 10.0. The molecule has 1 aromatic rings. The van der Waals surface area contributed by atoms with Crippen molar-refractivity contribution in [2.24, 2.45) is 0 Å². The Morgan fingerprint density at radius 2 is 2.11 bits per heavy atom. The van der Waals surface area contributed by atoms with Crippen LogP contribution >= 0.6 is 0 Å². The smallest absolute Gasteiger partial charge is 0.176 e. The molecule has 0 spiro atoms. The monoisotopic (exact) mass is 261 g/mol. The van der Waals surface area contributed by atoms with Crippen LogP contribution in [0.15, 0.2) is 24.3 Å². The van der Waals surface area contributed by atoms with Crippen LogP contribution in [0.1, 0.15) is 36.2 Å². The first-order chi connectivity index (χ1) is 9.20. The van der Waals surface area contributed by atoms with Crippen LogP contribution in [0.3, 0.4) is 0 Å². The average molecular weight is 261 g/mol. The molecular formula is C16H23NO2. The maximum Gasteiger partial charge on any atom is 0.176 e. The van der Waals surface area contributed by atoms with Gasteiger partial charge < -0.3 is 4.74 Å². The van der Waals surface area contributed by atoms with Gasteiger partial charge in [-0.25, -0.2) is 0 Å². The van der Waals surface area contributed by atoms with Crippen LogP contribution in [-0.4, -0.2) is 43.0 Å². The van der Waals surface area contributed by atoms with E-state index in [0.717, 1.165) is 38.2 Å². The van der Waals surface area contributed by atoms with Crippen LogP contribution in [0.5, 0.6) is 0 Å². The summed E-state index contributed by atoms with van der Waals surface area (Å²) in [5.41, 5.74) is 2.12.